The number of carbonyl (C=O) groups excluding carboxylic acids is 1. The van der Waals surface area contributed by atoms with E-state index in [-0.39, 0.29) is 17.3 Å². The van der Waals surface area contributed by atoms with Crippen molar-refractivity contribution in [2.45, 2.75) is 39.2 Å². The SMILES string of the molecule is Cc1ccc(/C=C2\Oc3c(ccc([O-])c3C[NH+]3CCCCCC3)C2=O)o1. The number of aryl methyl sites for hydroxylation is 1. The normalized spacial score (nSPS) is 19.4. The summed E-state index contributed by atoms with van der Waals surface area (Å²) in [5.41, 5.74) is 1.09. The number of Topliss-reactive ketones (excluding diaryl/α,β-unsaturated/α-hetero) is 1. The molecule has 26 heavy (non-hydrogen) atoms. The Balaban J connectivity index is 1.64. The van der Waals surface area contributed by atoms with Crippen LogP contribution in [0, 0.1) is 6.92 Å². The Labute approximate surface area is 152 Å². The lowest BCUT2D eigenvalue weighted by molar-refractivity contribution is -0.913. The Kier molecular flexibility index (Phi) is 4.55. The predicted octanol–water partition coefficient (Wildman–Crippen LogP) is 2.24. The summed E-state index contributed by atoms with van der Waals surface area (Å²) in [5, 5.41) is 12.5. The van der Waals surface area contributed by atoms with E-state index in [1.165, 1.54) is 36.6 Å². The Bertz CT molecular complexity index is 857. The summed E-state index contributed by atoms with van der Waals surface area (Å²) in [6.07, 6.45) is 6.47. The molecule has 5 heteroatoms. The highest BCUT2D eigenvalue weighted by atomic mass is 16.5. The first kappa shape index (κ1) is 16.9. The summed E-state index contributed by atoms with van der Waals surface area (Å²) >= 11 is 0. The molecule has 0 spiro atoms. The van der Waals surface area contributed by atoms with E-state index in [9.17, 15) is 9.90 Å². The van der Waals surface area contributed by atoms with E-state index in [1.54, 1.807) is 18.2 Å². The molecule has 0 radical (unpaired) electrons. The second kappa shape index (κ2) is 7.00. The topological polar surface area (TPSA) is 66.9 Å². The molecule has 0 amide bonds. The maximum atomic E-state index is 12.7. The Morgan fingerprint density at radius 2 is 1.88 bits per heavy atom. The van der Waals surface area contributed by atoms with Gasteiger partial charge in [0.15, 0.2) is 5.76 Å². The quantitative estimate of drug-likeness (QED) is 0.860. The Morgan fingerprint density at radius 3 is 2.58 bits per heavy atom. The minimum absolute atomic E-state index is 0.0524. The fourth-order valence-corrected chi connectivity index (χ4v) is 3.77. The summed E-state index contributed by atoms with van der Waals surface area (Å²) in [6.45, 7) is 4.58. The smallest absolute Gasteiger partial charge is 0.232 e. The molecule has 5 nitrogen and oxygen atoms in total. The van der Waals surface area contributed by atoms with Crippen molar-refractivity contribution in [3.63, 3.8) is 0 Å². The van der Waals surface area contributed by atoms with Crippen LogP contribution in [-0.2, 0) is 6.54 Å². The number of ketones is 1. The first-order chi connectivity index (χ1) is 12.6. The molecular weight excluding hydrogens is 330 g/mol. The molecule has 2 aromatic rings. The maximum absolute atomic E-state index is 12.7. The molecule has 1 aromatic carbocycles. The molecule has 2 aliphatic heterocycles. The second-order valence-corrected chi connectivity index (χ2v) is 7.15. The van der Waals surface area contributed by atoms with Gasteiger partial charge in [-0.2, -0.15) is 0 Å². The molecule has 0 aliphatic carbocycles. The lowest BCUT2D eigenvalue weighted by Crippen LogP contribution is -3.10. The third kappa shape index (κ3) is 3.27. The number of likely N-dealkylation sites (tertiary alicyclic amines) is 1. The number of rotatable bonds is 3. The second-order valence-electron chi connectivity index (χ2n) is 7.15. The maximum Gasteiger partial charge on any atom is 0.232 e. The molecule has 0 unspecified atom stereocenters. The zero-order valence-electron chi connectivity index (χ0n) is 15.0. The van der Waals surface area contributed by atoms with Crippen LogP contribution < -0.4 is 14.7 Å². The van der Waals surface area contributed by atoms with Gasteiger partial charge in [-0.1, -0.05) is 11.8 Å². The van der Waals surface area contributed by atoms with Gasteiger partial charge in [0, 0.05) is 11.6 Å². The molecule has 4 rings (SSSR count). The minimum atomic E-state index is -0.193. The van der Waals surface area contributed by atoms with Gasteiger partial charge >= 0.3 is 0 Å². The minimum Gasteiger partial charge on any atom is -0.872 e. The summed E-state index contributed by atoms with van der Waals surface area (Å²) in [5.74, 6) is 1.75. The summed E-state index contributed by atoms with van der Waals surface area (Å²) < 4.78 is 11.4. The molecule has 1 N–H and O–H groups in total. The van der Waals surface area contributed by atoms with E-state index in [4.69, 9.17) is 9.15 Å². The highest BCUT2D eigenvalue weighted by Crippen LogP contribution is 2.38. The van der Waals surface area contributed by atoms with Crippen LogP contribution in [0.1, 0.15) is 53.1 Å². The van der Waals surface area contributed by atoms with Crippen LogP contribution >= 0.6 is 0 Å². The van der Waals surface area contributed by atoms with Crippen LogP contribution in [0.25, 0.3) is 6.08 Å². The number of fused-ring (bicyclic) bond motifs is 1. The van der Waals surface area contributed by atoms with Crippen LogP contribution in [0.5, 0.6) is 11.5 Å². The number of carbonyl (C=O) groups is 1. The van der Waals surface area contributed by atoms with Crippen molar-refractivity contribution >= 4 is 11.9 Å². The van der Waals surface area contributed by atoms with E-state index >= 15 is 0 Å². The van der Waals surface area contributed by atoms with E-state index in [0.29, 0.717) is 29.2 Å². The number of nitrogens with one attached hydrogen (secondary N) is 1. The summed E-state index contributed by atoms with van der Waals surface area (Å²) in [7, 11) is 0. The number of hydrogen-bond acceptors (Lipinski definition) is 4. The summed E-state index contributed by atoms with van der Waals surface area (Å²) in [6, 6.07) is 6.70. The number of hydrogen-bond donors (Lipinski definition) is 1. The Morgan fingerprint density at radius 1 is 1.12 bits per heavy atom. The van der Waals surface area contributed by atoms with Gasteiger partial charge in [0.05, 0.1) is 18.7 Å². The lowest BCUT2D eigenvalue weighted by atomic mass is 10.0. The van der Waals surface area contributed by atoms with Crippen molar-refractivity contribution < 1.29 is 24.0 Å². The van der Waals surface area contributed by atoms with Crippen LogP contribution in [-0.4, -0.2) is 18.9 Å². The van der Waals surface area contributed by atoms with Gasteiger partial charge < -0.3 is 19.2 Å². The van der Waals surface area contributed by atoms with Gasteiger partial charge in [-0.15, -0.1) is 0 Å². The molecular formula is C21H23NO4. The number of benzene rings is 1. The zero-order chi connectivity index (χ0) is 18.1. The molecule has 1 aromatic heterocycles. The van der Waals surface area contributed by atoms with Crippen molar-refractivity contribution in [1.29, 1.82) is 0 Å². The van der Waals surface area contributed by atoms with Gasteiger partial charge in [-0.25, -0.2) is 0 Å². The lowest BCUT2D eigenvalue weighted by Gasteiger charge is -2.22. The molecule has 0 atom stereocenters. The van der Waals surface area contributed by atoms with Gasteiger partial charge in [-0.3, -0.25) is 4.79 Å². The molecule has 0 bridgehead atoms. The number of allylic oxidation sites excluding steroid dienone is 1. The van der Waals surface area contributed by atoms with E-state index < -0.39 is 0 Å². The van der Waals surface area contributed by atoms with E-state index in [1.807, 2.05) is 13.0 Å². The molecule has 3 heterocycles. The third-order valence-electron chi connectivity index (χ3n) is 5.17. The van der Waals surface area contributed by atoms with Gasteiger partial charge in [0.2, 0.25) is 5.78 Å². The molecule has 0 saturated carbocycles. The molecule has 2 aliphatic rings. The van der Waals surface area contributed by atoms with Crippen LogP contribution in [0.3, 0.4) is 0 Å². The Hall–Kier alpha value is -2.53. The van der Waals surface area contributed by atoms with Gasteiger partial charge in [-0.05, 0) is 50.8 Å². The van der Waals surface area contributed by atoms with Crippen molar-refractivity contribution in [2.24, 2.45) is 0 Å². The van der Waals surface area contributed by atoms with E-state index in [2.05, 4.69) is 0 Å². The first-order valence-electron chi connectivity index (χ1n) is 9.29. The number of furan rings is 1. The first-order valence-corrected chi connectivity index (χ1v) is 9.29. The molecule has 1 fully saturated rings. The van der Waals surface area contributed by atoms with Crippen molar-refractivity contribution in [2.75, 3.05) is 13.1 Å². The van der Waals surface area contributed by atoms with Crippen LogP contribution in [0.15, 0.2) is 34.4 Å². The van der Waals surface area contributed by atoms with Crippen molar-refractivity contribution in [3.05, 3.63) is 52.7 Å². The van der Waals surface area contributed by atoms with E-state index in [0.717, 1.165) is 18.8 Å². The highest BCUT2D eigenvalue weighted by Gasteiger charge is 2.31. The van der Waals surface area contributed by atoms with Gasteiger partial charge in [0.1, 0.15) is 23.8 Å². The monoisotopic (exact) mass is 353 g/mol. The van der Waals surface area contributed by atoms with Crippen molar-refractivity contribution in [3.8, 4) is 11.5 Å². The van der Waals surface area contributed by atoms with Crippen molar-refractivity contribution in [1.82, 2.24) is 0 Å². The average Bonchev–Trinajstić information content (AvgIpc) is 3.05. The highest BCUT2D eigenvalue weighted by molar-refractivity contribution is 6.14. The third-order valence-corrected chi connectivity index (χ3v) is 5.17. The predicted molar refractivity (Wildman–Crippen MR) is 95.1 cm³/mol. The fraction of sp³-hybridized carbons (Fsp3) is 0.381. The molecule has 1 saturated heterocycles. The standard InChI is InChI=1S/C21H23NO4/c1-14-6-7-15(25-14)12-19-20(24)16-8-9-18(23)17(21(16)26-19)13-22-10-4-2-3-5-11-22/h6-9,12,23H,2-5,10-11,13H2,1H3/b19-12-. The largest absolute Gasteiger partial charge is 0.872 e. The van der Waals surface area contributed by atoms with Crippen LogP contribution in [0.4, 0.5) is 0 Å². The van der Waals surface area contributed by atoms with Gasteiger partial charge in [0.25, 0.3) is 0 Å². The fourth-order valence-electron chi connectivity index (χ4n) is 3.77. The number of quaternary nitrogens is 1. The number of ether oxygens (including phenoxy) is 1. The zero-order valence-corrected chi connectivity index (χ0v) is 15.0. The average molecular weight is 353 g/mol. The summed E-state index contributed by atoms with van der Waals surface area (Å²) in [4.78, 5) is 14.1. The van der Waals surface area contributed by atoms with Crippen LogP contribution in [0.2, 0.25) is 0 Å². The molecule has 136 valence electrons.